The number of aryl methyl sites for hydroxylation is 2. The van der Waals surface area contributed by atoms with E-state index in [0.29, 0.717) is 11.4 Å². The van der Waals surface area contributed by atoms with E-state index in [1.54, 1.807) is 18.3 Å². The molecule has 1 atom stereocenters. The summed E-state index contributed by atoms with van der Waals surface area (Å²) in [5.74, 6) is 0.0877. The van der Waals surface area contributed by atoms with Crippen LogP contribution in [0.1, 0.15) is 37.3 Å². The van der Waals surface area contributed by atoms with E-state index in [-0.39, 0.29) is 18.4 Å². The molecule has 2 amide bonds. The van der Waals surface area contributed by atoms with E-state index in [2.05, 4.69) is 17.2 Å². The van der Waals surface area contributed by atoms with Crippen molar-refractivity contribution in [2.24, 2.45) is 0 Å². The zero-order valence-electron chi connectivity index (χ0n) is 18.6. The molecule has 2 heterocycles. The number of hydrogen-bond donors (Lipinski definition) is 1. The Kier molecular flexibility index (Phi) is 6.55. The van der Waals surface area contributed by atoms with Gasteiger partial charge in [0.2, 0.25) is 5.91 Å². The number of carbonyl (C=O) groups is 2. The first kappa shape index (κ1) is 22.0. The minimum atomic E-state index is -0.652. The van der Waals surface area contributed by atoms with Gasteiger partial charge in [-0.15, -0.1) is 11.3 Å². The third-order valence-corrected chi connectivity index (χ3v) is 6.21. The largest absolute Gasteiger partial charge is 0.479 e. The first-order valence-electron chi connectivity index (χ1n) is 10.9. The molecule has 166 valence electrons. The summed E-state index contributed by atoms with van der Waals surface area (Å²) >= 11 is 1.57. The predicted molar refractivity (Wildman–Crippen MR) is 128 cm³/mol. The third kappa shape index (κ3) is 4.83. The fraction of sp³-hybridized carbons (Fsp3) is 0.320. The normalized spacial score (nSPS) is 15.3. The highest BCUT2D eigenvalue weighted by Crippen LogP contribution is 2.37. The van der Waals surface area contributed by atoms with E-state index in [1.165, 1.54) is 10.5 Å². The number of thiazole rings is 1. The lowest BCUT2D eigenvalue weighted by Crippen LogP contribution is -2.47. The summed E-state index contributed by atoms with van der Waals surface area (Å²) in [6.07, 6.45) is 2.67. The van der Waals surface area contributed by atoms with Crippen LogP contribution in [0.3, 0.4) is 0 Å². The number of anilines is 2. The van der Waals surface area contributed by atoms with Crippen LogP contribution in [0.15, 0.2) is 47.8 Å². The number of hydrogen-bond acceptors (Lipinski definition) is 5. The number of amides is 2. The Balaban J connectivity index is 1.52. The van der Waals surface area contributed by atoms with Crippen LogP contribution in [-0.2, 0) is 16.0 Å². The summed E-state index contributed by atoms with van der Waals surface area (Å²) in [5, 5.41) is 5.85. The molecule has 1 N–H and O–H groups in total. The number of benzene rings is 2. The molecule has 1 unspecified atom stereocenters. The van der Waals surface area contributed by atoms with Crippen molar-refractivity contribution in [3.05, 3.63) is 58.4 Å². The first-order chi connectivity index (χ1) is 15.4. The van der Waals surface area contributed by atoms with Crippen LogP contribution in [0.4, 0.5) is 11.4 Å². The average molecular weight is 450 g/mol. The van der Waals surface area contributed by atoms with Gasteiger partial charge in [-0.05, 0) is 62.6 Å². The molecule has 1 aliphatic heterocycles. The molecule has 0 aliphatic carbocycles. The molecule has 0 saturated carbocycles. The minimum Gasteiger partial charge on any atom is -0.479 e. The summed E-state index contributed by atoms with van der Waals surface area (Å²) in [6.45, 7) is 5.73. The molecule has 0 saturated heterocycles. The van der Waals surface area contributed by atoms with Crippen molar-refractivity contribution >= 4 is 34.5 Å². The van der Waals surface area contributed by atoms with Crippen molar-refractivity contribution in [1.82, 2.24) is 4.98 Å². The Morgan fingerprint density at radius 3 is 2.69 bits per heavy atom. The SMILES string of the molecule is CCCCc1ccc(NC(=O)CN2C(=O)C(C)Oc3ccc(-c4csc(C)n4)cc32)cc1. The molecule has 4 rings (SSSR count). The van der Waals surface area contributed by atoms with Gasteiger partial charge in [0.1, 0.15) is 12.3 Å². The maximum absolute atomic E-state index is 12.9. The van der Waals surface area contributed by atoms with Crippen molar-refractivity contribution in [2.75, 3.05) is 16.8 Å². The van der Waals surface area contributed by atoms with Crippen LogP contribution < -0.4 is 15.0 Å². The van der Waals surface area contributed by atoms with Crippen LogP contribution in [0.2, 0.25) is 0 Å². The molecule has 0 radical (unpaired) electrons. The Hall–Kier alpha value is -3.19. The van der Waals surface area contributed by atoms with Crippen molar-refractivity contribution < 1.29 is 14.3 Å². The summed E-state index contributed by atoms with van der Waals surface area (Å²) in [5.41, 5.74) is 4.28. The smallest absolute Gasteiger partial charge is 0.268 e. The second kappa shape index (κ2) is 9.53. The van der Waals surface area contributed by atoms with Gasteiger partial charge < -0.3 is 10.1 Å². The van der Waals surface area contributed by atoms with E-state index in [1.807, 2.05) is 54.8 Å². The van der Waals surface area contributed by atoms with E-state index >= 15 is 0 Å². The molecule has 0 spiro atoms. The number of aromatic nitrogens is 1. The fourth-order valence-corrected chi connectivity index (χ4v) is 4.33. The molecule has 0 fully saturated rings. The van der Waals surface area contributed by atoms with Crippen LogP contribution >= 0.6 is 11.3 Å². The monoisotopic (exact) mass is 449 g/mol. The van der Waals surface area contributed by atoms with E-state index in [9.17, 15) is 9.59 Å². The van der Waals surface area contributed by atoms with Gasteiger partial charge in [-0.25, -0.2) is 4.98 Å². The summed E-state index contributed by atoms with van der Waals surface area (Å²) in [7, 11) is 0. The molecule has 6 nitrogen and oxygen atoms in total. The Labute approximate surface area is 192 Å². The van der Waals surface area contributed by atoms with Crippen LogP contribution in [-0.4, -0.2) is 29.4 Å². The van der Waals surface area contributed by atoms with Crippen LogP contribution in [0.25, 0.3) is 11.3 Å². The molecule has 2 aromatic carbocycles. The summed E-state index contributed by atoms with van der Waals surface area (Å²) < 4.78 is 5.77. The predicted octanol–water partition coefficient (Wildman–Crippen LogP) is 5.21. The maximum Gasteiger partial charge on any atom is 0.268 e. The van der Waals surface area contributed by atoms with Crippen LogP contribution in [0, 0.1) is 6.92 Å². The molecule has 1 aromatic heterocycles. The summed E-state index contributed by atoms with van der Waals surface area (Å²) in [6, 6.07) is 13.5. The lowest BCUT2D eigenvalue weighted by atomic mass is 10.1. The Morgan fingerprint density at radius 2 is 2.00 bits per heavy atom. The van der Waals surface area contributed by atoms with E-state index in [4.69, 9.17) is 4.74 Å². The highest BCUT2D eigenvalue weighted by atomic mass is 32.1. The zero-order valence-corrected chi connectivity index (χ0v) is 19.4. The Morgan fingerprint density at radius 1 is 1.22 bits per heavy atom. The number of ether oxygens (including phenoxy) is 1. The van der Waals surface area contributed by atoms with Crippen molar-refractivity contribution in [1.29, 1.82) is 0 Å². The lowest BCUT2D eigenvalue weighted by molar-refractivity contribution is -0.127. The number of carbonyl (C=O) groups excluding carboxylic acids is 2. The fourth-order valence-electron chi connectivity index (χ4n) is 3.71. The molecule has 1 aliphatic rings. The third-order valence-electron chi connectivity index (χ3n) is 5.44. The van der Waals surface area contributed by atoms with Crippen molar-refractivity contribution in [2.45, 2.75) is 46.1 Å². The second-order valence-corrected chi connectivity index (χ2v) is 9.03. The van der Waals surface area contributed by atoms with Gasteiger partial charge in [-0.3, -0.25) is 14.5 Å². The number of rotatable bonds is 7. The molecule has 32 heavy (non-hydrogen) atoms. The van der Waals surface area contributed by atoms with E-state index in [0.717, 1.165) is 41.2 Å². The van der Waals surface area contributed by atoms with E-state index < -0.39 is 6.10 Å². The number of nitrogens with zero attached hydrogens (tertiary/aromatic N) is 2. The molecule has 0 bridgehead atoms. The van der Waals surface area contributed by atoms with Crippen molar-refractivity contribution in [3.8, 4) is 17.0 Å². The number of fused-ring (bicyclic) bond motifs is 1. The average Bonchev–Trinajstić information content (AvgIpc) is 3.22. The van der Waals surface area contributed by atoms with Gasteiger partial charge in [0.05, 0.1) is 16.4 Å². The van der Waals surface area contributed by atoms with Gasteiger partial charge >= 0.3 is 0 Å². The van der Waals surface area contributed by atoms with Crippen molar-refractivity contribution in [3.63, 3.8) is 0 Å². The highest BCUT2D eigenvalue weighted by Gasteiger charge is 2.33. The minimum absolute atomic E-state index is 0.0866. The molecular weight excluding hydrogens is 422 g/mol. The number of nitrogens with one attached hydrogen (secondary N) is 1. The maximum atomic E-state index is 12.9. The topological polar surface area (TPSA) is 71.5 Å². The van der Waals surface area contributed by atoms with Gasteiger partial charge in [0.25, 0.3) is 5.91 Å². The van der Waals surface area contributed by atoms with Gasteiger partial charge in [0.15, 0.2) is 6.10 Å². The number of unbranched alkanes of at least 4 members (excludes halogenated alkanes) is 1. The molecular formula is C25H27N3O3S. The second-order valence-electron chi connectivity index (χ2n) is 7.97. The van der Waals surface area contributed by atoms with Crippen LogP contribution in [0.5, 0.6) is 5.75 Å². The Bertz CT molecular complexity index is 1120. The van der Waals surface area contributed by atoms with Gasteiger partial charge in [-0.2, -0.15) is 0 Å². The standard InChI is InChI=1S/C25H27N3O3S/c1-4-5-6-18-7-10-20(11-8-18)27-24(29)14-28-22-13-19(21-15-32-17(3)26-21)9-12-23(22)31-16(2)25(28)30/h7-13,15-16H,4-6,14H2,1-3H3,(H,27,29). The van der Waals surface area contributed by atoms with Gasteiger partial charge in [0, 0.05) is 16.6 Å². The highest BCUT2D eigenvalue weighted by molar-refractivity contribution is 7.09. The van der Waals surface area contributed by atoms with Gasteiger partial charge in [-0.1, -0.05) is 25.5 Å². The summed E-state index contributed by atoms with van der Waals surface area (Å²) in [4.78, 5) is 31.7. The quantitative estimate of drug-likeness (QED) is 0.537. The molecule has 7 heteroatoms. The zero-order chi connectivity index (χ0) is 22.7. The lowest BCUT2D eigenvalue weighted by Gasteiger charge is -2.32. The molecule has 3 aromatic rings. The first-order valence-corrected chi connectivity index (χ1v) is 11.8.